The number of para-hydroxylation sites is 3. The Labute approximate surface area is 288 Å². The van der Waals surface area contributed by atoms with Gasteiger partial charge in [0.05, 0.1) is 33.5 Å². The van der Waals surface area contributed by atoms with Crippen LogP contribution >= 0.6 is 0 Å². The van der Waals surface area contributed by atoms with E-state index in [0.29, 0.717) is 5.95 Å². The van der Waals surface area contributed by atoms with Crippen molar-refractivity contribution in [3.8, 4) is 45.4 Å². The van der Waals surface area contributed by atoms with Gasteiger partial charge in [0.1, 0.15) is 5.69 Å². The van der Waals surface area contributed by atoms with Crippen LogP contribution < -0.4 is 0 Å². The zero-order chi connectivity index (χ0) is 33.0. The first-order valence-corrected chi connectivity index (χ1v) is 16.8. The Balaban J connectivity index is 1.24. The molecular weight excluding hydrogens is 611 g/mol. The summed E-state index contributed by atoms with van der Waals surface area (Å²) in [6.07, 6.45) is 2.14. The monoisotopic (exact) mass is 639 g/mol. The molecule has 0 atom stereocenters. The van der Waals surface area contributed by atoms with Gasteiger partial charge in [-0.15, -0.1) is 0 Å². The van der Waals surface area contributed by atoms with E-state index in [4.69, 9.17) is 15.0 Å². The highest BCUT2D eigenvalue weighted by molar-refractivity contribution is 6.13. The predicted molar refractivity (Wildman–Crippen MR) is 205 cm³/mol. The molecular formula is C45H29N5. The van der Waals surface area contributed by atoms with Crippen LogP contribution in [0.2, 0.25) is 0 Å². The van der Waals surface area contributed by atoms with Crippen molar-refractivity contribution in [2.45, 2.75) is 0 Å². The highest BCUT2D eigenvalue weighted by Gasteiger charge is 2.20. The molecule has 0 fully saturated rings. The molecule has 0 N–H and O–H groups in total. The van der Waals surface area contributed by atoms with Gasteiger partial charge in [0.15, 0.2) is 0 Å². The van der Waals surface area contributed by atoms with Crippen molar-refractivity contribution in [2.75, 3.05) is 0 Å². The van der Waals surface area contributed by atoms with E-state index in [1.807, 2.05) is 24.3 Å². The largest absolute Gasteiger partial charge is 0.317 e. The lowest BCUT2D eigenvalue weighted by atomic mass is 10.0. The Bertz CT molecular complexity index is 2800. The van der Waals surface area contributed by atoms with Crippen molar-refractivity contribution in [1.29, 1.82) is 0 Å². The summed E-state index contributed by atoms with van der Waals surface area (Å²) >= 11 is 0. The van der Waals surface area contributed by atoms with Crippen LogP contribution in [-0.2, 0) is 0 Å². The van der Waals surface area contributed by atoms with Crippen LogP contribution in [0.15, 0.2) is 176 Å². The SMILES string of the molecule is c1ccc(-c2cc(-c3ccccc3)nc(-c3nc(-n4c5ccccc5c5cc6c(ccn6-c6ccccc6)cc54)nc4ccccc34)c2)cc1. The van der Waals surface area contributed by atoms with Gasteiger partial charge in [-0.3, -0.25) is 4.57 Å². The highest BCUT2D eigenvalue weighted by atomic mass is 15.2. The molecule has 0 aliphatic carbocycles. The molecule has 234 valence electrons. The average molecular weight is 640 g/mol. The second-order valence-corrected chi connectivity index (χ2v) is 12.5. The Morgan fingerprint density at radius 2 is 1.06 bits per heavy atom. The van der Waals surface area contributed by atoms with E-state index in [1.165, 1.54) is 0 Å². The van der Waals surface area contributed by atoms with E-state index in [2.05, 4.69) is 161 Å². The maximum atomic E-state index is 5.40. The van der Waals surface area contributed by atoms with Crippen LogP contribution in [0.1, 0.15) is 0 Å². The zero-order valence-electron chi connectivity index (χ0n) is 27.0. The molecule has 0 unspecified atom stereocenters. The minimum absolute atomic E-state index is 0.611. The van der Waals surface area contributed by atoms with Gasteiger partial charge in [-0.05, 0) is 65.7 Å². The second kappa shape index (κ2) is 11.4. The molecule has 0 aliphatic rings. The summed E-state index contributed by atoms with van der Waals surface area (Å²) in [5, 5.41) is 4.41. The van der Waals surface area contributed by atoms with E-state index in [1.54, 1.807) is 0 Å². The topological polar surface area (TPSA) is 48.5 Å². The van der Waals surface area contributed by atoms with Crippen LogP contribution in [-0.4, -0.2) is 24.1 Å². The maximum absolute atomic E-state index is 5.40. The molecule has 50 heavy (non-hydrogen) atoms. The van der Waals surface area contributed by atoms with Crippen LogP contribution in [0.4, 0.5) is 0 Å². The summed E-state index contributed by atoms with van der Waals surface area (Å²) in [5.74, 6) is 0.611. The Hall–Kier alpha value is -6.85. The number of hydrogen-bond acceptors (Lipinski definition) is 3. The van der Waals surface area contributed by atoms with Crippen molar-refractivity contribution in [2.24, 2.45) is 0 Å². The first-order valence-electron chi connectivity index (χ1n) is 16.8. The Kier molecular flexibility index (Phi) is 6.42. The van der Waals surface area contributed by atoms with E-state index < -0.39 is 0 Å². The lowest BCUT2D eigenvalue weighted by molar-refractivity contribution is 1.01. The number of fused-ring (bicyclic) bond motifs is 5. The third-order valence-corrected chi connectivity index (χ3v) is 9.55. The number of benzene rings is 6. The van der Waals surface area contributed by atoms with Crippen LogP contribution in [0, 0.1) is 0 Å². The Morgan fingerprint density at radius 3 is 1.86 bits per heavy atom. The molecule has 6 aromatic carbocycles. The normalized spacial score (nSPS) is 11.6. The number of rotatable bonds is 5. The summed E-state index contributed by atoms with van der Waals surface area (Å²) < 4.78 is 4.46. The first-order chi connectivity index (χ1) is 24.8. The first kappa shape index (κ1) is 28.2. The molecule has 5 nitrogen and oxygen atoms in total. The van der Waals surface area contributed by atoms with Crippen molar-refractivity contribution >= 4 is 43.6 Å². The van der Waals surface area contributed by atoms with Crippen LogP contribution in [0.5, 0.6) is 0 Å². The standard InChI is InChI=1S/C45H29N5/c1-4-14-30(15-5-1)33-26-39(31-16-6-2-7-17-31)46-40(27-33)44-36-21-10-12-22-38(36)47-45(48-44)50-41-23-13-11-20-35(41)37-29-42-32(28-43(37)50)24-25-49(42)34-18-8-3-9-19-34/h1-29H. The van der Waals surface area contributed by atoms with Crippen molar-refractivity contribution in [1.82, 2.24) is 24.1 Å². The summed E-state index contributed by atoms with van der Waals surface area (Å²) in [6.45, 7) is 0. The van der Waals surface area contributed by atoms with Crippen LogP contribution in [0.25, 0.3) is 89.0 Å². The van der Waals surface area contributed by atoms with Crippen LogP contribution in [0.3, 0.4) is 0 Å². The molecule has 0 amide bonds. The molecule has 0 bridgehead atoms. The van der Waals surface area contributed by atoms with Gasteiger partial charge in [-0.25, -0.2) is 15.0 Å². The summed E-state index contributed by atoms with van der Waals surface area (Å²) in [4.78, 5) is 15.9. The molecule has 0 saturated carbocycles. The molecule has 4 heterocycles. The number of hydrogen-bond donors (Lipinski definition) is 0. The van der Waals surface area contributed by atoms with E-state index in [0.717, 1.165) is 83.1 Å². The van der Waals surface area contributed by atoms with Gasteiger partial charge in [0.2, 0.25) is 5.95 Å². The fourth-order valence-corrected chi connectivity index (χ4v) is 7.19. The third kappa shape index (κ3) is 4.60. The van der Waals surface area contributed by atoms with Crippen molar-refractivity contribution < 1.29 is 0 Å². The number of pyridine rings is 1. The predicted octanol–water partition coefficient (Wildman–Crippen LogP) is 11.1. The van der Waals surface area contributed by atoms with Gasteiger partial charge >= 0.3 is 0 Å². The van der Waals surface area contributed by atoms with Crippen molar-refractivity contribution in [3.63, 3.8) is 0 Å². The summed E-state index contributed by atoms with van der Waals surface area (Å²) in [7, 11) is 0. The van der Waals surface area contributed by atoms with Crippen molar-refractivity contribution in [3.05, 3.63) is 176 Å². The summed E-state index contributed by atoms with van der Waals surface area (Å²) in [6, 6.07) is 59.1. The fourth-order valence-electron chi connectivity index (χ4n) is 7.19. The molecule has 10 aromatic rings. The van der Waals surface area contributed by atoms with Gasteiger partial charge in [-0.2, -0.15) is 0 Å². The molecule has 0 aliphatic heterocycles. The molecule has 0 saturated heterocycles. The van der Waals surface area contributed by atoms with Gasteiger partial charge < -0.3 is 4.57 Å². The third-order valence-electron chi connectivity index (χ3n) is 9.55. The lowest BCUT2D eigenvalue weighted by Crippen LogP contribution is -2.04. The second-order valence-electron chi connectivity index (χ2n) is 12.5. The lowest BCUT2D eigenvalue weighted by Gasteiger charge is -2.14. The molecule has 10 rings (SSSR count). The molecule has 0 spiro atoms. The average Bonchev–Trinajstić information content (AvgIpc) is 3.76. The smallest absolute Gasteiger partial charge is 0.235 e. The molecule has 4 aromatic heterocycles. The quantitative estimate of drug-likeness (QED) is 0.188. The van der Waals surface area contributed by atoms with Gasteiger partial charge in [-0.1, -0.05) is 115 Å². The van der Waals surface area contributed by atoms with E-state index >= 15 is 0 Å². The van der Waals surface area contributed by atoms with Gasteiger partial charge in [0.25, 0.3) is 0 Å². The maximum Gasteiger partial charge on any atom is 0.235 e. The summed E-state index contributed by atoms with van der Waals surface area (Å²) in [5.41, 5.74) is 11.0. The van der Waals surface area contributed by atoms with Gasteiger partial charge in [0, 0.05) is 39.0 Å². The molecule has 0 radical (unpaired) electrons. The molecule has 5 heteroatoms. The minimum Gasteiger partial charge on any atom is -0.317 e. The number of nitrogens with zero attached hydrogens (tertiary/aromatic N) is 5. The number of aromatic nitrogens is 5. The Morgan fingerprint density at radius 1 is 0.400 bits per heavy atom. The minimum atomic E-state index is 0.611. The zero-order valence-corrected chi connectivity index (χ0v) is 27.0. The van der Waals surface area contributed by atoms with E-state index in [9.17, 15) is 0 Å². The fraction of sp³-hybridized carbons (Fsp3) is 0. The highest BCUT2D eigenvalue weighted by Crippen LogP contribution is 2.37. The van der Waals surface area contributed by atoms with E-state index in [-0.39, 0.29) is 0 Å².